The van der Waals surface area contributed by atoms with Gasteiger partial charge in [0.25, 0.3) is 0 Å². The van der Waals surface area contributed by atoms with Crippen LogP contribution in [0.5, 0.6) is 0 Å². The fourth-order valence-electron chi connectivity index (χ4n) is 1.41. The van der Waals surface area contributed by atoms with Crippen LogP contribution >= 0.6 is 0 Å². The molecule has 15 heavy (non-hydrogen) atoms. The number of carbonyl (C=O) groups excluding carboxylic acids is 2. The molecule has 0 saturated heterocycles. The summed E-state index contributed by atoms with van der Waals surface area (Å²) in [5, 5.41) is 0. The molecule has 0 N–H and O–H groups in total. The Balaban J connectivity index is 2.56. The van der Waals surface area contributed by atoms with E-state index in [1.54, 1.807) is 18.2 Å². The lowest BCUT2D eigenvalue weighted by Crippen LogP contribution is -2.37. The van der Waals surface area contributed by atoms with Crippen molar-refractivity contribution in [2.24, 2.45) is 4.99 Å². The van der Waals surface area contributed by atoms with Gasteiger partial charge in [-0.2, -0.15) is 0 Å². The van der Waals surface area contributed by atoms with Gasteiger partial charge in [0.15, 0.2) is 12.1 Å². The number of rotatable bonds is 2. The van der Waals surface area contributed by atoms with Crippen molar-refractivity contribution in [3.8, 4) is 0 Å². The Bertz CT molecular complexity index is 451. The van der Waals surface area contributed by atoms with Gasteiger partial charge < -0.3 is 0 Å². The minimum atomic E-state index is -1.48. The number of nitrogens with zero attached hydrogens (tertiary/aromatic N) is 2. The van der Waals surface area contributed by atoms with E-state index in [2.05, 4.69) is 9.98 Å². The number of carbonyl (C=O) groups is 2. The quantitative estimate of drug-likeness (QED) is 0.521. The van der Waals surface area contributed by atoms with Gasteiger partial charge in [-0.25, -0.2) is 0 Å². The molecule has 4 heteroatoms. The number of hydrogen-bond donors (Lipinski definition) is 0. The van der Waals surface area contributed by atoms with Crippen LogP contribution in [0, 0.1) is 0 Å². The summed E-state index contributed by atoms with van der Waals surface area (Å²) in [4.78, 5) is 30.7. The van der Waals surface area contributed by atoms with Gasteiger partial charge in [-0.3, -0.25) is 19.6 Å². The van der Waals surface area contributed by atoms with Crippen LogP contribution in [0.25, 0.3) is 0 Å². The van der Waals surface area contributed by atoms with Crippen molar-refractivity contribution in [1.82, 2.24) is 4.98 Å². The maximum atomic E-state index is 11.7. The highest BCUT2D eigenvalue weighted by Crippen LogP contribution is 2.24. The first-order valence-electron chi connectivity index (χ1n) is 4.44. The second-order valence-electron chi connectivity index (χ2n) is 3.10. The standard InChI is InChI=1S/C11H8N2O2/c14-8-11(9-4-1-2-6-12-9)10(15)5-3-7-13-11/h1-8H. The molecule has 1 aliphatic rings. The topological polar surface area (TPSA) is 59.4 Å². The number of aliphatic imine (C=N–C) groups is 1. The highest BCUT2D eigenvalue weighted by Gasteiger charge is 2.40. The van der Waals surface area contributed by atoms with E-state index in [1.807, 2.05) is 0 Å². The van der Waals surface area contributed by atoms with E-state index in [4.69, 9.17) is 0 Å². The first-order valence-corrected chi connectivity index (χ1v) is 4.44. The van der Waals surface area contributed by atoms with Crippen LogP contribution in [0.15, 0.2) is 41.5 Å². The lowest BCUT2D eigenvalue weighted by atomic mass is 9.90. The van der Waals surface area contributed by atoms with Gasteiger partial charge in [0.2, 0.25) is 5.54 Å². The van der Waals surface area contributed by atoms with E-state index in [1.165, 1.54) is 24.6 Å². The largest absolute Gasteiger partial charge is 0.300 e. The number of dihydropyridines is 1. The average molecular weight is 200 g/mol. The third-order valence-corrected chi connectivity index (χ3v) is 2.21. The summed E-state index contributed by atoms with van der Waals surface area (Å²) < 4.78 is 0. The zero-order valence-corrected chi connectivity index (χ0v) is 7.83. The van der Waals surface area contributed by atoms with Gasteiger partial charge in [0, 0.05) is 12.4 Å². The Hall–Kier alpha value is -2.10. The summed E-state index contributed by atoms with van der Waals surface area (Å²) in [6.07, 6.45) is 6.33. The molecule has 74 valence electrons. The van der Waals surface area contributed by atoms with Crippen LogP contribution in [-0.2, 0) is 15.1 Å². The van der Waals surface area contributed by atoms with Crippen molar-refractivity contribution in [1.29, 1.82) is 0 Å². The summed E-state index contributed by atoms with van der Waals surface area (Å²) in [5.74, 6) is -0.362. The van der Waals surface area contributed by atoms with E-state index >= 15 is 0 Å². The van der Waals surface area contributed by atoms with Gasteiger partial charge in [-0.15, -0.1) is 0 Å². The van der Waals surface area contributed by atoms with Crippen LogP contribution in [0.3, 0.4) is 0 Å². The average Bonchev–Trinajstić information content (AvgIpc) is 2.31. The first-order chi connectivity index (χ1) is 7.29. The second kappa shape index (κ2) is 3.57. The van der Waals surface area contributed by atoms with Crippen molar-refractivity contribution >= 4 is 18.3 Å². The monoisotopic (exact) mass is 200 g/mol. The highest BCUT2D eigenvalue weighted by atomic mass is 16.1. The summed E-state index contributed by atoms with van der Waals surface area (Å²) in [6.45, 7) is 0. The Morgan fingerprint density at radius 3 is 2.80 bits per heavy atom. The molecule has 1 atom stereocenters. The van der Waals surface area contributed by atoms with E-state index in [9.17, 15) is 9.59 Å². The summed E-state index contributed by atoms with van der Waals surface area (Å²) >= 11 is 0. The van der Waals surface area contributed by atoms with Gasteiger partial charge in [-0.1, -0.05) is 6.07 Å². The fraction of sp³-hybridized carbons (Fsp3) is 0.0909. The molecule has 0 saturated carbocycles. The number of ketones is 1. The maximum Gasteiger partial charge on any atom is 0.219 e. The van der Waals surface area contributed by atoms with Crippen molar-refractivity contribution in [2.45, 2.75) is 5.54 Å². The number of pyridine rings is 1. The molecule has 0 fully saturated rings. The second-order valence-corrected chi connectivity index (χ2v) is 3.10. The van der Waals surface area contributed by atoms with Crippen molar-refractivity contribution in [3.05, 3.63) is 42.2 Å². The van der Waals surface area contributed by atoms with Crippen molar-refractivity contribution < 1.29 is 9.59 Å². The summed E-state index contributed by atoms with van der Waals surface area (Å²) in [6, 6.07) is 5.05. The molecule has 1 unspecified atom stereocenters. The molecular formula is C11H8N2O2. The Morgan fingerprint density at radius 2 is 2.20 bits per heavy atom. The Labute approximate surface area is 86.4 Å². The zero-order chi connectivity index (χ0) is 10.7. The van der Waals surface area contributed by atoms with Crippen LogP contribution in [-0.4, -0.2) is 23.3 Å². The molecule has 4 nitrogen and oxygen atoms in total. The fourth-order valence-corrected chi connectivity index (χ4v) is 1.41. The molecule has 1 aliphatic heterocycles. The van der Waals surface area contributed by atoms with Crippen LogP contribution in [0.1, 0.15) is 5.69 Å². The van der Waals surface area contributed by atoms with Crippen LogP contribution in [0.2, 0.25) is 0 Å². The Morgan fingerprint density at radius 1 is 1.33 bits per heavy atom. The summed E-state index contributed by atoms with van der Waals surface area (Å²) in [5.41, 5.74) is -1.12. The highest BCUT2D eigenvalue weighted by molar-refractivity contribution is 6.13. The Kier molecular flexibility index (Phi) is 2.25. The number of hydrogen-bond acceptors (Lipinski definition) is 4. The molecule has 2 rings (SSSR count). The first kappa shape index (κ1) is 9.45. The van der Waals surface area contributed by atoms with E-state index in [0.29, 0.717) is 12.0 Å². The molecule has 1 aromatic heterocycles. The minimum absolute atomic E-state index is 0.352. The molecule has 0 radical (unpaired) electrons. The van der Waals surface area contributed by atoms with Crippen LogP contribution < -0.4 is 0 Å². The molecule has 1 aromatic rings. The molecule has 0 amide bonds. The van der Waals surface area contributed by atoms with E-state index < -0.39 is 5.54 Å². The summed E-state index contributed by atoms with van der Waals surface area (Å²) in [7, 11) is 0. The molecule has 0 spiro atoms. The minimum Gasteiger partial charge on any atom is -0.300 e. The van der Waals surface area contributed by atoms with Gasteiger partial charge in [-0.05, 0) is 24.3 Å². The zero-order valence-electron chi connectivity index (χ0n) is 7.83. The maximum absolute atomic E-state index is 11.7. The predicted octanol–water partition coefficient (Wildman–Crippen LogP) is 0.685. The smallest absolute Gasteiger partial charge is 0.219 e. The van der Waals surface area contributed by atoms with E-state index in [0.717, 1.165) is 0 Å². The SMILES string of the molecule is O=CC1(c2ccccn2)N=CC=CC1=O. The normalized spacial score (nSPS) is 24.1. The van der Waals surface area contributed by atoms with Gasteiger partial charge >= 0.3 is 0 Å². The third-order valence-electron chi connectivity index (χ3n) is 2.21. The number of aldehydes is 1. The molecule has 0 aliphatic carbocycles. The molecule has 0 aromatic carbocycles. The van der Waals surface area contributed by atoms with Crippen molar-refractivity contribution in [2.75, 3.05) is 0 Å². The molecular weight excluding hydrogens is 192 g/mol. The number of aromatic nitrogens is 1. The third kappa shape index (κ3) is 1.40. The number of allylic oxidation sites excluding steroid dienone is 1. The molecule has 2 heterocycles. The van der Waals surface area contributed by atoms with Crippen LogP contribution in [0.4, 0.5) is 0 Å². The predicted molar refractivity (Wildman–Crippen MR) is 54.6 cm³/mol. The van der Waals surface area contributed by atoms with E-state index in [-0.39, 0.29) is 5.78 Å². The lowest BCUT2D eigenvalue weighted by molar-refractivity contribution is -0.126. The molecule has 0 bridgehead atoms. The van der Waals surface area contributed by atoms with Crippen molar-refractivity contribution in [3.63, 3.8) is 0 Å². The van der Waals surface area contributed by atoms with Gasteiger partial charge in [0.1, 0.15) is 0 Å². The lowest BCUT2D eigenvalue weighted by Gasteiger charge is -2.21. The van der Waals surface area contributed by atoms with Gasteiger partial charge in [0.05, 0.1) is 5.69 Å².